The summed E-state index contributed by atoms with van der Waals surface area (Å²) in [6.45, 7) is 28.9. The fourth-order valence-electron chi connectivity index (χ4n) is 4.65. The highest BCUT2D eigenvalue weighted by Gasteiger charge is 2.36. The van der Waals surface area contributed by atoms with Crippen molar-refractivity contribution in [3.63, 3.8) is 0 Å². The van der Waals surface area contributed by atoms with Crippen molar-refractivity contribution >= 4 is 11.8 Å². The van der Waals surface area contributed by atoms with Crippen molar-refractivity contribution < 1.29 is 19.8 Å². The largest absolute Gasteiger partial charge is 0.376 e. The Kier molecular flexibility index (Phi) is 10.5. The minimum atomic E-state index is -1.73. The van der Waals surface area contributed by atoms with Gasteiger partial charge < -0.3 is 20.8 Å². The second kappa shape index (κ2) is 12.4. The van der Waals surface area contributed by atoms with Crippen LogP contribution in [0.1, 0.15) is 137 Å². The van der Waals surface area contributed by atoms with E-state index in [4.69, 9.17) is 0 Å². The first kappa shape index (κ1) is 36.5. The molecular weight excluding hydrogens is 536 g/mol. The highest BCUT2D eigenvalue weighted by Crippen LogP contribution is 2.35. The maximum Gasteiger partial charge on any atom is 0.256 e. The van der Waals surface area contributed by atoms with Gasteiger partial charge in [0.25, 0.3) is 11.8 Å². The number of amides is 2. The normalized spacial score (nSPS) is 15.8. The number of hydrogen-bond acceptors (Lipinski definition) is 4. The summed E-state index contributed by atoms with van der Waals surface area (Å²) in [5.41, 5.74) is 1.29. The number of rotatable bonds is 8. The topological polar surface area (TPSA) is 98.7 Å². The van der Waals surface area contributed by atoms with Gasteiger partial charge in [0.2, 0.25) is 0 Å². The summed E-state index contributed by atoms with van der Waals surface area (Å²) in [7, 11) is 0. The van der Waals surface area contributed by atoms with Crippen molar-refractivity contribution in [3.05, 3.63) is 69.8 Å². The molecule has 0 bridgehead atoms. The first-order valence-corrected chi connectivity index (χ1v) is 15.5. The maximum absolute atomic E-state index is 13.2. The lowest BCUT2D eigenvalue weighted by Crippen LogP contribution is -2.45. The van der Waals surface area contributed by atoms with Crippen LogP contribution in [0.15, 0.2) is 36.4 Å². The minimum Gasteiger partial charge on any atom is -0.376 e. The van der Waals surface area contributed by atoms with Gasteiger partial charge in [0, 0.05) is 13.1 Å². The maximum atomic E-state index is 13.2. The minimum absolute atomic E-state index is 0.148. The molecule has 0 aromatic heterocycles. The van der Waals surface area contributed by atoms with Gasteiger partial charge >= 0.3 is 0 Å². The second-order valence-corrected chi connectivity index (χ2v) is 16.6. The van der Waals surface area contributed by atoms with Crippen LogP contribution < -0.4 is 10.6 Å². The lowest BCUT2D eigenvalue weighted by molar-refractivity contribution is -0.139. The fraction of sp³-hybridized carbons (Fsp3) is 0.622. The highest BCUT2D eigenvalue weighted by molar-refractivity contribution is 5.86. The van der Waals surface area contributed by atoms with E-state index in [1.807, 2.05) is 24.3 Å². The molecule has 2 aromatic rings. The van der Waals surface area contributed by atoms with Gasteiger partial charge in [-0.15, -0.1) is 0 Å². The van der Waals surface area contributed by atoms with Crippen molar-refractivity contribution in [2.75, 3.05) is 13.1 Å². The van der Waals surface area contributed by atoms with E-state index in [0.717, 1.165) is 22.3 Å². The van der Waals surface area contributed by atoms with Crippen LogP contribution in [0.25, 0.3) is 0 Å². The molecule has 2 rings (SSSR count). The van der Waals surface area contributed by atoms with Crippen molar-refractivity contribution in [3.8, 4) is 0 Å². The first-order valence-electron chi connectivity index (χ1n) is 15.5. The molecule has 6 heteroatoms. The molecule has 0 aliphatic carbocycles. The molecule has 4 N–H and O–H groups in total. The van der Waals surface area contributed by atoms with E-state index < -0.39 is 23.0 Å². The Morgan fingerprint density at radius 1 is 0.465 bits per heavy atom. The smallest absolute Gasteiger partial charge is 0.256 e. The molecule has 0 aliphatic heterocycles. The van der Waals surface area contributed by atoms with Crippen LogP contribution in [-0.4, -0.2) is 35.1 Å². The van der Waals surface area contributed by atoms with Gasteiger partial charge in [0.1, 0.15) is 0 Å². The molecular formula is C37H58N2O4. The zero-order valence-corrected chi connectivity index (χ0v) is 29.3. The van der Waals surface area contributed by atoms with E-state index in [1.54, 1.807) is 0 Å². The summed E-state index contributed by atoms with van der Waals surface area (Å²) < 4.78 is 0. The van der Waals surface area contributed by atoms with Gasteiger partial charge in [-0.1, -0.05) is 119 Å². The molecule has 2 aromatic carbocycles. The average Bonchev–Trinajstić information content (AvgIpc) is 2.85. The van der Waals surface area contributed by atoms with E-state index in [2.05, 4.69) is 106 Å². The fourth-order valence-corrected chi connectivity index (χ4v) is 4.65. The summed E-state index contributed by atoms with van der Waals surface area (Å²) >= 11 is 0. The molecule has 0 fully saturated rings. The van der Waals surface area contributed by atoms with Crippen molar-refractivity contribution in [1.29, 1.82) is 0 Å². The molecule has 0 saturated heterocycles. The standard InChI is InChI=1S/C37H58N2O4/c1-32(2,3)24-18-25(33(4,5)6)21-28(20-24)36(13,42)30(40)38-16-15-17-39-31(41)37(14,43)29-22-26(34(7,8)9)19-27(23-29)35(10,11)12/h18-23,42-43H,15-17H2,1-14H3,(H,38,40)(H,39,41). The predicted molar refractivity (Wildman–Crippen MR) is 177 cm³/mol. The molecule has 0 radical (unpaired) electrons. The molecule has 240 valence electrons. The van der Waals surface area contributed by atoms with Crippen LogP contribution in [0.4, 0.5) is 0 Å². The third kappa shape index (κ3) is 9.15. The number of nitrogens with one attached hydrogen (secondary N) is 2. The Bertz CT molecular complexity index is 1140. The summed E-state index contributed by atoms with van der Waals surface area (Å²) in [6.07, 6.45) is 0.439. The molecule has 0 spiro atoms. The average molecular weight is 595 g/mol. The van der Waals surface area contributed by atoms with E-state index >= 15 is 0 Å². The highest BCUT2D eigenvalue weighted by atomic mass is 16.3. The molecule has 0 heterocycles. The Morgan fingerprint density at radius 2 is 0.674 bits per heavy atom. The number of carbonyl (C=O) groups is 2. The van der Waals surface area contributed by atoms with Crippen LogP contribution in [0.2, 0.25) is 0 Å². The number of aliphatic hydroxyl groups is 2. The van der Waals surface area contributed by atoms with Crippen LogP contribution in [0.3, 0.4) is 0 Å². The molecule has 43 heavy (non-hydrogen) atoms. The van der Waals surface area contributed by atoms with E-state index in [-0.39, 0.29) is 34.7 Å². The zero-order valence-electron chi connectivity index (χ0n) is 29.3. The monoisotopic (exact) mass is 594 g/mol. The van der Waals surface area contributed by atoms with Crippen molar-refractivity contribution in [2.24, 2.45) is 0 Å². The lowest BCUT2D eigenvalue weighted by Gasteiger charge is -2.30. The van der Waals surface area contributed by atoms with Gasteiger partial charge in [-0.05, 0) is 75.3 Å². The molecule has 6 nitrogen and oxygen atoms in total. The molecule has 2 atom stereocenters. The van der Waals surface area contributed by atoms with Crippen LogP contribution in [0, 0.1) is 0 Å². The quantitative estimate of drug-likeness (QED) is 0.258. The van der Waals surface area contributed by atoms with E-state index in [9.17, 15) is 19.8 Å². The third-order valence-electron chi connectivity index (χ3n) is 8.26. The zero-order chi connectivity index (χ0) is 33.4. The Hall–Kier alpha value is -2.70. The summed E-state index contributed by atoms with van der Waals surface area (Å²) in [5, 5.41) is 28.4. The molecule has 2 amide bonds. The second-order valence-electron chi connectivity index (χ2n) is 16.6. The van der Waals surface area contributed by atoms with Crippen molar-refractivity contribution in [1.82, 2.24) is 10.6 Å². The number of benzene rings is 2. The van der Waals surface area contributed by atoms with Crippen LogP contribution in [0.5, 0.6) is 0 Å². The van der Waals surface area contributed by atoms with Crippen molar-refractivity contribution in [2.45, 2.75) is 136 Å². The van der Waals surface area contributed by atoms with Gasteiger partial charge in [0.15, 0.2) is 11.2 Å². The lowest BCUT2D eigenvalue weighted by atomic mass is 9.77. The summed E-state index contributed by atoms with van der Waals surface area (Å²) in [5.74, 6) is -0.990. The summed E-state index contributed by atoms with van der Waals surface area (Å²) in [6, 6.07) is 12.0. The molecule has 2 unspecified atom stereocenters. The Balaban J connectivity index is 2.11. The van der Waals surface area contributed by atoms with Gasteiger partial charge in [-0.3, -0.25) is 9.59 Å². The van der Waals surface area contributed by atoms with E-state index in [1.165, 1.54) is 13.8 Å². The SMILES string of the molecule is CC(C)(C)c1cc(C(C)(C)C)cc(C(C)(O)C(=O)NCCCNC(=O)C(C)(O)c2cc(C(C)(C)C)cc(C(C)(C)C)c2)c1. The molecule has 0 aliphatic rings. The summed E-state index contributed by atoms with van der Waals surface area (Å²) in [4.78, 5) is 26.3. The molecule has 0 saturated carbocycles. The Labute approximate surface area is 261 Å². The number of carbonyl (C=O) groups excluding carboxylic acids is 2. The number of hydrogen-bond donors (Lipinski definition) is 4. The van der Waals surface area contributed by atoms with Crippen LogP contribution in [-0.2, 0) is 42.5 Å². The Morgan fingerprint density at radius 3 is 0.884 bits per heavy atom. The van der Waals surface area contributed by atoms with Crippen LogP contribution >= 0.6 is 0 Å². The predicted octanol–water partition coefficient (Wildman–Crippen LogP) is 6.61. The van der Waals surface area contributed by atoms with E-state index in [0.29, 0.717) is 17.5 Å². The van der Waals surface area contributed by atoms with Gasteiger partial charge in [0.05, 0.1) is 0 Å². The van der Waals surface area contributed by atoms with Gasteiger partial charge in [-0.2, -0.15) is 0 Å². The first-order chi connectivity index (χ1) is 19.2. The van der Waals surface area contributed by atoms with Gasteiger partial charge in [-0.25, -0.2) is 0 Å². The third-order valence-corrected chi connectivity index (χ3v) is 8.26.